The summed E-state index contributed by atoms with van der Waals surface area (Å²) in [5, 5.41) is 3.08. The lowest BCUT2D eigenvalue weighted by molar-refractivity contribution is 0.201. The van der Waals surface area contributed by atoms with Crippen LogP contribution in [0.15, 0.2) is 18.2 Å². The molecule has 1 N–H and O–H groups in total. The molecular formula is C15H22N4OS. The number of amides is 2. The molecule has 0 unspecified atom stereocenters. The van der Waals surface area contributed by atoms with Crippen molar-refractivity contribution in [2.45, 2.75) is 45.7 Å². The van der Waals surface area contributed by atoms with Crippen molar-refractivity contribution in [2.75, 3.05) is 7.05 Å². The molecule has 5 nitrogen and oxygen atoms in total. The molecular weight excluding hydrogens is 284 g/mol. The Morgan fingerprint density at radius 2 is 2.10 bits per heavy atom. The molecule has 2 amide bonds. The quantitative estimate of drug-likeness (QED) is 0.889. The van der Waals surface area contributed by atoms with E-state index in [0.717, 1.165) is 35.9 Å². The van der Waals surface area contributed by atoms with Gasteiger partial charge in [0.1, 0.15) is 11.0 Å². The zero-order chi connectivity index (χ0) is 15.2. The van der Waals surface area contributed by atoms with Gasteiger partial charge in [-0.25, -0.2) is 4.79 Å². The van der Waals surface area contributed by atoms with E-state index in [1.807, 2.05) is 25.2 Å². The van der Waals surface area contributed by atoms with Gasteiger partial charge >= 0.3 is 6.03 Å². The van der Waals surface area contributed by atoms with Crippen LogP contribution in [0.1, 0.15) is 38.7 Å². The maximum Gasteiger partial charge on any atom is 0.317 e. The molecule has 114 valence electrons. The molecule has 2 aromatic rings. The van der Waals surface area contributed by atoms with Gasteiger partial charge in [0.2, 0.25) is 0 Å². The summed E-state index contributed by atoms with van der Waals surface area (Å²) in [6.07, 6.45) is 3.06. The topological polar surface area (TPSA) is 58.1 Å². The maximum absolute atomic E-state index is 12.2. The lowest BCUT2D eigenvalue weighted by Gasteiger charge is -2.22. The van der Waals surface area contributed by atoms with Gasteiger partial charge in [0.25, 0.3) is 0 Å². The van der Waals surface area contributed by atoms with Gasteiger partial charge in [-0.2, -0.15) is 8.75 Å². The van der Waals surface area contributed by atoms with Crippen LogP contribution in [-0.2, 0) is 6.54 Å². The second-order valence-corrected chi connectivity index (χ2v) is 5.82. The van der Waals surface area contributed by atoms with Crippen LogP contribution in [0.4, 0.5) is 4.79 Å². The van der Waals surface area contributed by atoms with Crippen LogP contribution in [0.25, 0.3) is 11.0 Å². The molecule has 1 aromatic carbocycles. The summed E-state index contributed by atoms with van der Waals surface area (Å²) in [5.74, 6) is 0. The first-order valence-corrected chi connectivity index (χ1v) is 8.09. The van der Waals surface area contributed by atoms with Crippen molar-refractivity contribution >= 4 is 28.8 Å². The second kappa shape index (κ2) is 7.36. The number of urea groups is 1. The minimum Gasteiger partial charge on any atom is -0.335 e. The number of carbonyl (C=O) groups excluding carboxylic acids is 1. The number of nitrogens with zero attached hydrogens (tertiary/aromatic N) is 3. The molecule has 0 aliphatic carbocycles. The van der Waals surface area contributed by atoms with Gasteiger partial charge in [-0.3, -0.25) is 0 Å². The molecule has 0 saturated carbocycles. The van der Waals surface area contributed by atoms with E-state index in [2.05, 4.69) is 27.9 Å². The van der Waals surface area contributed by atoms with Crippen molar-refractivity contribution in [3.05, 3.63) is 23.8 Å². The standard InChI is InChI=1S/C15H22N4OS/c1-4-6-12(5-2)16-15(20)19(3)10-11-7-8-13-14(9-11)18-21-17-13/h7-9,12H,4-6,10H2,1-3H3,(H,16,20)/t12-/m0/s1. The fourth-order valence-electron chi connectivity index (χ4n) is 2.28. The van der Waals surface area contributed by atoms with Gasteiger partial charge in [0.15, 0.2) is 0 Å². The lowest BCUT2D eigenvalue weighted by atomic mass is 10.1. The van der Waals surface area contributed by atoms with E-state index in [4.69, 9.17) is 0 Å². The Bertz CT molecular complexity index is 598. The van der Waals surface area contributed by atoms with Crippen LogP contribution in [-0.4, -0.2) is 32.8 Å². The number of hydrogen-bond donors (Lipinski definition) is 1. The average Bonchev–Trinajstić information content (AvgIpc) is 2.94. The Balaban J connectivity index is 1.96. The SMILES string of the molecule is CCC[C@H](CC)NC(=O)N(C)Cc1ccc2nsnc2c1. The van der Waals surface area contributed by atoms with E-state index in [1.54, 1.807) is 4.90 Å². The molecule has 2 rings (SSSR count). The number of rotatable bonds is 6. The number of aromatic nitrogens is 2. The van der Waals surface area contributed by atoms with Crippen LogP contribution in [0, 0.1) is 0 Å². The third-order valence-electron chi connectivity index (χ3n) is 3.54. The molecule has 6 heteroatoms. The van der Waals surface area contributed by atoms with Gasteiger partial charge in [0.05, 0.1) is 11.7 Å². The lowest BCUT2D eigenvalue weighted by Crippen LogP contribution is -2.42. The van der Waals surface area contributed by atoms with Crippen LogP contribution < -0.4 is 5.32 Å². The number of carbonyl (C=O) groups is 1. The van der Waals surface area contributed by atoms with Crippen molar-refractivity contribution in [3.8, 4) is 0 Å². The zero-order valence-corrected chi connectivity index (χ0v) is 13.6. The third-order valence-corrected chi connectivity index (χ3v) is 4.10. The van der Waals surface area contributed by atoms with E-state index in [-0.39, 0.29) is 12.1 Å². The molecule has 1 heterocycles. The highest BCUT2D eigenvalue weighted by molar-refractivity contribution is 7.00. The highest BCUT2D eigenvalue weighted by Gasteiger charge is 2.14. The van der Waals surface area contributed by atoms with Gasteiger partial charge in [0, 0.05) is 19.6 Å². The maximum atomic E-state index is 12.2. The van der Waals surface area contributed by atoms with Crippen molar-refractivity contribution in [1.29, 1.82) is 0 Å². The van der Waals surface area contributed by atoms with Gasteiger partial charge in [-0.15, -0.1) is 0 Å². The smallest absolute Gasteiger partial charge is 0.317 e. The summed E-state index contributed by atoms with van der Waals surface area (Å²) in [4.78, 5) is 13.9. The highest BCUT2D eigenvalue weighted by Crippen LogP contribution is 2.14. The molecule has 1 atom stereocenters. The summed E-state index contributed by atoms with van der Waals surface area (Å²) < 4.78 is 8.41. The average molecular weight is 306 g/mol. The molecule has 0 spiro atoms. The number of nitrogens with one attached hydrogen (secondary N) is 1. The Hall–Kier alpha value is -1.69. The molecule has 0 fully saturated rings. The Morgan fingerprint density at radius 1 is 1.33 bits per heavy atom. The molecule has 21 heavy (non-hydrogen) atoms. The first-order chi connectivity index (χ1) is 10.1. The molecule has 0 saturated heterocycles. The molecule has 0 aliphatic heterocycles. The van der Waals surface area contributed by atoms with Crippen molar-refractivity contribution in [2.24, 2.45) is 0 Å². The van der Waals surface area contributed by atoms with Crippen LogP contribution in [0.5, 0.6) is 0 Å². The highest BCUT2D eigenvalue weighted by atomic mass is 32.1. The van der Waals surface area contributed by atoms with Crippen molar-refractivity contribution in [3.63, 3.8) is 0 Å². The summed E-state index contributed by atoms with van der Waals surface area (Å²) in [6.45, 7) is 4.81. The summed E-state index contributed by atoms with van der Waals surface area (Å²) in [7, 11) is 1.82. The second-order valence-electron chi connectivity index (χ2n) is 5.29. The van der Waals surface area contributed by atoms with Crippen molar-refractivity contribution < 1.29 is 4.79 Å². The summed E-state index contributed by atoms with van der Waals surface area (Å²) in [5.41, 5.74) is 2.87. The van der Waals surface area contributed by atoms with Crippen LogP contribution >= 0.6 is 11.7 Å². The largest absolute Gasteiger partial charge is 0.335 e. The molecule has 0 radical (unpaired) electrons. The number of fused-ring (bicyclic) bond motifs is 1. The predicted octanol–water partition coefficient (Wildman–Crippen LogP) is 3.41. The molecule has 0 bridgehead atoms. The van der Waals surface area contributed by atoms with E-state index in [9.17, 15) is 4.79 Å². The Morgan fingerprint density at radius 3 is 2.81 bits per heavy atom. The van der Waals surface area contributed by atoms with Crippen molar-refractivity contribution in [1.82, 2.24) is 19.0 Å². The fraction of sp³-hybridized carbons (Fsp3) is 0.533. The van der Waals surface area contributed by atoms with E-state index < -0.39 is 0 Å². The van der Waals surface area contributed by atoms with E-state index >= 15 is 0 Å². The predicted molar refractivity (Wildman–Crippen MR) is 86.4 cm³/mol. The van der Waals surface area contributed by atoms with Crippen LogP contribution in [0.3, 0.4) is 0 Å². The number of hydrogen-bond acceptors (Lipinski definition) is 4. The van der Waals surface area contributed by atoms with Gasteiger partial charge < -0.3 is 10.2 Å². The first kappa shape index (κ1) is 15.7. The first-order valence-electron chi connectivity index (χ1n) is 7.36. The van der Waals surface area contributed by atoms with Crippen LogP contribution in [0.2, 0.25) is 0 Å². The minimum atomic E-state index is -0.0215. The minimum absolute atomic E-state index is 0.0215. The molecule has 0 aliphatic rings. The third kappa shape index (κ3) is 4.14. The fourth-order valence-corrected chi connectivity index (χ4v) is 2.80. The monoisotopic (exact) mass is 306 g/mol. The number of benzene rings is 1. The van der Waals surface area contributed by atoms with E-state index in [1.165, 1.54) is 11.7 Å². The van der Waals surface area contributed by atoms with Gasteiger partial charge in [-0.1, -0.05) is 26.3 Å². The zero-order valence-electron chi connectivity index (χ0n) is 12.8. The van der Waals surface area contributed by atoms with E-state index in [0.29, 0.717) is 6.54 Å². The normalized spacial score (nSPS) is 12.3. The Kier molecular flexibility index (Phi) is 5.50. The van der Waals surface area contributed by atoms with Gasteiger partial charge in [-0.05, 0) is 30.5 Å². The Labute approximate surface area is 129 Å². The molecule has 1 aromatic heterocycles. The summed E-state index contributed by atoms with van der Waals surface area (Å²) >= 11 is 1.21. The summed E-state index contributed by atoms with van der Waals surface area (Å²) in [6, 6.07) is 6.18.